The van der Waals surface area contributed by atoms with E-state index in [9.17, 15) is 50.0 Å². The maximum atomic E-state index is 12.8. The summed E-state index contributed by atoms with van der Waals surface area (Å²) in [5, 5.41) is 45.0. The van der Waals surface area contributed by atoms with Crippen LogP contribution in [0, 0.1) is 40.5 Å². The Morgan fingerprint density at radius 2 is 0.603 bits per heavy atom. The lowest BCUT2D eigenvalue weighted by Gasteiger charge is -2.22. The molecular weight excluding hydrogens is 756 g/mol. The van der Waals surface area contributed by atoms with E-state index in [-0.39, 0.29) is 11.1 Å². The third-order valence-electron chi connectivity index (χ3n) is 8.14. The van der Waals surface area contributed by atoms with E-state index in [1.165, 1.54) is 21.9 Å². The smallest absolute Gasteiger partial charge is 0.419 e. The predicted molar refractivity (Wildman–Crippen MR) is 210 cm³/mol. The second-order valence-corrected chi connectivity index (χ2v) is 11.7. The SMILES string of the molecule is O=C(OCc1c([N+](=O)[O-])cccc1[N+](=O)[O-])N(c1ccccc1)c1ccccc1.O=C(OCc1c([N+](=O)[O-])cccc1[N+](=O)[O-])N(c1ccccc1)c1ccccc1. The number of carbonyl (C=O) groups is 2. The Morgan fingerprint density at radius 3 is 0.810 bits per heavy atom. The molecule has 0 N–H and O–H groups in total. The van der Waals surface area contributed by atoms with Gasteiger partial charge >= 0.3 is 12.2 Å². The molecule has 0 fully saturated rings. The fourth-order valence-corrected chi connectivity index (χ4v) is 5.53. The van der Waals surface area contributed by atoms with Crippen molar-refractivity contribution in [2.75, 3.05) is 9.80 Å². The minimum Gasteiger partial charge on any atom is -0.443 e. The fraction of sp³-hybridized carbons (Fsp3) is 0.0500. The highest BCUT2D eigenvalue weighted by Crippen LogP contribution is 2.33. The molecule has 0 aliphatic heterocycles. The van der Waals surface area contributed by atoms with Crippen molar-refractivity contribution in [3.05, 3.63) is 209 Å². The van der Waals surface area contributed by atoms with Crippen LogP contribution < -0.4 is 9.80 Å². The molecule has 0 atom stereocenters. The number of nitrogens with zero attached hydrogens (tertiary/aromatic N) is 6. The Labute approximate surface area is 328 Å². The molecular formula is C40H30N6O12. The zero-order valence-electron chi connectivity index (χ0n) is 30.0. The number of rotatable bonds is 12. The van der Waals surface area contributed by atoms with E-state index in [4.69, 9.17) is 9.47 Å². The fourth-order valence-electron chi connectivity index (χ4n) is 5.53. The highest BCUT2D eigenvalue weighted by Gasteiger charge is 2.29. The Kier molecular flexibility index (Phi) is 13.4. The van der Waals surface area contributed by atoms with Crippen molar-refractivity contribution in [2.24, 2.45) is 0 Å². The van der Waals surface area contributed by atoms with Gasteiger partial charge in [-0.2, -0.15) is 0 Å². The van der Waals surface area contributed by atoms with E-state index < -0.39 is 67.8 Å². The van der Waals surface area contributed by atoms with Crippen LogP contribution in [0.5, 0.6) is 0 Å². The molecule has 6 rings (SSSR count). The van der Waals surface area contributed by atoms with Crippen molar-refractivity contribution in [1.29, 1.82) is 0 Å². The van der Waals surface area contributed by atoms with Crippen molar-refractivity contribution in [2.45, 2.75) is 13.2 Å². The number of carbonyl (C=O) groups excluding carboxylic acids is 2. The van der Waals surface area contributed by atoms with Gasteiger partial charge in [-0.25, -0.2) is 19.4 Å². The van der Waals surface area contributed by atoms with Crippen LogP contribution in [-0.2, 0) is 22.7 Å². The van der Waals surface area contributed by atoms with Gasteiger partial charge in [0.15, 0.2) is 0 Å². The first-order valence-corrected chi connectivity index (χ1v) is 16.9. The molecule has 0 unspecified atom stereocenters. The minimum absolute atomic E-state index is 0.281. The number of hydrogen-bond donors (Lipinski definition) is 0. The third-order valence-corrected chi connectivity index (χ3v) is 8.14. The van der Waals surface area contributed by atoms with Gasteiger partial charge in [-0.1, -0.05) is 72.8 Å². The first-order chi connectivity index (χ1) is 28.0. The lowest BCUT2D eigenvalue weighted by Crippen LogP contribution is -2.26. The highest BCUT2D eigenvalue weighted by molar-refractivity contribution is 5.96. The van der Waals surface area contributed by atoms with Crippen molar-refractivity contribution >= 4 is 57.7 Å². The zero-order chi connectivity index (χ0) is 41.6. The summed E-state index contributed by atoms with van der Waals surface area (Å²) in [4.78, 5) is 70.3. The van der Waals surface area contributed by atoms with Gasteiger partial charge in [-0.05, 0) is 60.7 Å². The lowest BCUT2D eigenvalue weighted by molar-refractivity contribution is -0.396. The summed E-state index contributed by atoms with van der Waals surface area (Å²) >= 11 is 0. The van der Waals surface area contributed by atoms with E-state index in [0.29, 0.717) is 22.7 Å². The van der Waals surface area contributed by atoms with Crippen molar-refractivity contribution in [1.82, 2.24) is 0 Å². The number of nitro benzene ring substituents is 4. The molecule has 0 heterocycles. The van der Waals surface area contributed by atoms with Crippen molar-refractivity contribution in [3.63, 3.8) is 0 Å². The molecule has 0 aliphatic rings. The molecule has 0 saturated heterocycles. The molecule has 0 aromatic heterocycles. The average molecular weight is 787 g/mol. The number of nitro groups is 4. The first kappa shape index (κ1) is 40.6. The topological polar surface area (TPSA) is 232 Å². The summed E-state index contributed by atoms with van der Waals surface area (Å²) in [5.41, 5.74) is -0.455. The Bertz CT molecular complexity index is 2110. The van der Waals surface area contributed by atoms with E-state index in [0.717, 1.165) is 24.3 Å². The zero-order valence-corrected chi connectivity index (χ0v) is 30.0. The Balaban J connectivity index is 0.000000221. The van der Waals surface area contributed by atoms with Gasteiger partial charge in [0.1, 0.15) is 24.3 Å². The van der Waals surface area contributed by atoms with Gasteiger partial charge in [0, 0.05) is 24.3 Å². The molecule has 2 amide bonds. The molecule has 6 aromatic rings. The number of ether oxygens (including phenoxy) is 2. The molecule has 0 aliphatic carbocycles. The molecule has 58 heavy (non-hydrogen) atoms. The molecule has 18 heteroatoms. The monoisotopic (exact) mass is 786 g/mol. The van der Waals surface area contributed by atoms with E-state index in [1.54, 1.807) is 121 Å². The van der Waals surface area contributed by atoms with Crippen LogP contribution in [0.15, 0.2) is 158 Å². The van der Waals surface area contributed by atoms with Gasteiger partial charge in [-0.15, -0.1) is 0 Å². The second kappa shape index (κ2) is 19.2. The highest BCUT2D eigenvalue weighted by atomic mass is 16.6. The normalized spacial score (nSPS) is 10.2. The molecule has 0 spiro atoms. The summed E-state index contributed by atoms with van der Waals surface area (Å²) in [6, 6.07) is 41.6. The predicted octanol–water partition coefficient (Wildman–Crippen LogP) is 9.96. The van der Waals surface area contributed by atoms with Gasteiger partial charge in [0.05, 0.1) is 42.4 Å². The van der Waals surface area contributed by atoms with E-state index in [1.807, 2.05) is 0 Å². The lowest BCUT2D eigenvalue weighted by atomic mass is 10.1. The van der Waals surface area contributed by atoms with Gasteiger partial charge in [0.2, 0.25) is 0 Å². The largest absolute Gasteiger partial charge is 0.443 e. The van der Waals surface area contributed by atoms with E-state index >= 15 is 0 Å². The molecule has 6 aromatic carbocycles. The van der Waals surface area contributed by atoms with Gasteiger partial charge < -0.3 is 9.47 Å². The molecule has 18 nitrogen and oxygen atoms in total. The summed E-state index contributed by atoms with van der Waals surface area (Å²) < 4.78 is 10.5. The maximum Gasteiger partial charge on any atom is 0.419 e. The number of anilines is 4. The van der Waals surface area contributed by atoms with Gasteiger partial charge in [-0.3, -0.25) is 40.5 Å². The van der Waals surface area contributed by atoms with Crippen LogP contribution in [-0.4, -0.2) is 31.9 Å². The molecule has 0 radical (unpaired) electrons. The average Bonchev–Trinajstić information content (AvgIpc) is 3.23. The summed E-state index contributed by atoms with van der Waals surface area (Å²) in [7, 11) is 0. The van der Waals surface area contributed by atoms with Crippen LogP contribution in [0.4, 0.5) is 55.1 Å². The molecule has 292 valence electrons. The number of para-hydroxylation sites is 4. The minimum atomic E-state index is -0.824. The summed E-state index contributed by atoms with van der Waals surface area (Å²) in [6.45, 7) is -1.25. The van der Waals surface area contributed by atoms with Crippen LogP contribution in [0.3, 0.4) is 0 Å². The quantitative estimate of drug-likeness (QED) is 0.0833. The standard InChI is InChI=1S/2C20H15N3O6/c2*24-20(21(15-8-3-1-4-9-15)16-10-5-2-6-11-16)29-14-17-18(22(25)26)12-7-13-19(17)23(27)28/h2*1-13H,14H2. The summed E-state index contributed by atoms with van der Waals surface area (Å²) in [5.74, 6) is 0. The first-order valence-electron chi connectivity index (χ1n) is 16.9. The Hall–Kier alpha value is -8.54. The Morgan fingerprint density at radius 1 is 0.379 bits per heavy atom. The van der Waals surface area contributed by atoms with Gasteiger partial charge in [0.25, 0.3) is 22.7 Å². The van der Waals surface area contributed by atoms with Crippen molar-refractivity contribution < 1.29 is 38.8 Å². The number of amides is 2. The van der Waals surface area contributed by atoms with Crippen LogP contribution in [0.2, 0.25) is 0 Å². The van der Waals surface area contributed by atoms with Crippen LogP contribution in [0.25, 0.3) is 0 Å². The molecule has 0 saturated carbocycles. The maximum absolute atomic E-state index is 12.8. The van der Waals surface area contributed by atoms with Crippen LogP contribution >= 0.6 is 0 Å². The van der Waals surface area contributed by atoms with Crippen LogP contribution in [0.1, 0.15) is 11.1 Å². The number of benzene rings is 6. The second-order valence-electron chi connectivity index (χ2n) is 11.7. The number of hydrogen-bond acceptors (Lipinski definition) is 12. The third kappa shape index (κ3) is 9.95. The molecule has 0 bridgehead atoms. The van der Waals surface area contributed by atoms with Crippen molar-refractivity contribution in [3.8, 4) is 0 Å². The summed E-state index contributed by atoms with van der Waals surface area (Å²) in [6.07, 6.45) is -1.65. The van der Waals surface area contributed by atoms with E-state index in [2.05, 4.69) is 0 Å².